The van der Waals surface area contributed by atoms with Crippen molar-refractivity contribution < 1.29 is 9.53 Å². The van der Waals surface area contributed by atoms with Crippen molar-refractivity contribution in [1.29, 1.82) is 0 Å². The van der Waals surface area contributed by atoms with Crippen molar-refractivity contribution in [1.82, 2.24) is 9.80 Å². The Labute approximate surface area is 164 Å². The van der Waals surface area contributed by atoms with E-state index < -0.39 is 0 Å². The number of benzene rings is 1. The molecule has 0 saturated carbocycles. The van der Waals surface area contributed by atoms with Gasteiger partial charge in [-0.2, -0.15) is 0 Å². The van der Waals surface area contributed by atoms with Crippen LogP contribution >= 0.6 is 0 Å². The van der Waals surface area contributed by atoms with Gasteiger partial charge in [0.2, 0.25) is 0 Å². The van der Waals surface area contributed by atoms with E-state index in [0.29, 0.717) is 6.04 Å². The molecule has 2 aliphatic rings. The number of likely N-dealkylation sites (tertiary alicyclic amines) is 1. The molecule has 1 amide bonds. The van der Waals surface area contributed by atoms with E-state index in [0.717, 1.165) is 51.0 Å². The summed E-state index contributed by atoms with van der Waals surface area (Å²) in [5, 5.41) is 0. The molecule has 4 heteroatoms. The standard InChI is InChI=1S/C23H36N2O2/c1-17-14-24(15-18(2)27-17)16-19-8-10-20(11-9-19)22(26)25-12-6-7-21(25)13-23(3,4)5/h8-11,17-18,21H,6-7,12-16H2,1-5H3. The quantitative estimate of drug-likeness (QED) is 0.788. The number of morpholine rings is 1. The average Bonchev–Trinajstić information content (AvgIpc) is 3.00. The van der Waals surface area contributed by atoms with Crippen molar-refractivity contribution in [2.24, 2.45) is 5.41 Å². The lowest BCUT2D eigenvalue weighted by Gasteiger charge is -2.35. The van der Waals surface area contributed by atoms with E-state index in [1.807, 2.05) is 12.1 Å². The van der Waals surface area contributed by atoms with E-state index in [1.54, 1.807) is 0 Å². The molecule has 2 heterocycles. The molecule has 2 fully saturated rings. The van der Waals surface area contributed by atoms with Gasteiger partial charge in [0.1, 0.15) is 0 Å². The minimum Gasteiger partial charge on any atom is -0.373 e. The van der Waals surface area contributed by atoms with Gasteiger partial charge in [-0.3, -0.25) is 9.69 Å². The number of amides is 1. The molecule has 0 spiro atoms. The van der Waals surface area contributed by atoms with Gasteiger partial charge < -0.3 is 9.64 Å². The second-order valence-corrected chi connectivity index (χ2v) is 9.71. The largest absolute Gasteiger partial charge is 0.373 e. The van der Waals surface area contributed by atoms with Crippen LogP contribution in [0.3, 0.4) is 0 Å². The van der Waals surface area contributed by atoms with Crippen LogP contribution in [0.1, 0.15) is 69.8 Å². The van der Waals surface area contributed by atoms with Gasteiger partial charge in [-0.05, 0) is 56.2 Å². The Kier molecular flexibility index (Phi) is 6.27. The number of carbonyl (C=O) groups is 1. The van der Waals surface area contributed by atoms with Crippen LogP contribution < -0.4 is 0 Å². The van der Waals surface area contributed by atoms with E-state index in [1.165, 1.54) is 5.56 Å². The van der Waals surface area contributed by atoms with Crippen LogP contribution in [0, 0.1) is 5.41 Å². The van der Waals surface area contributed by atoms with E-state index in [-0.39, 0.29) is 23.5 Å². The Hall–Kier alpha value is -1.39. The summed E-state index contributed by atoms with van der Waals surface area (Å²) in [5.41, 5.74) is 2.34. The summed E-state index contributed by atoms with van der Waals surface area (Å²) in [6, 6.07) is 8.64. The number of hydrogen-bond donors (Lipinski definition) is 0. The van der Waals surface area contributed by atoms with Crippen LogP contribution in [-0.4, -0.2) is 53.6 Å². The summed E-state index contributed by atoms with van der Waals surface area (Å²) in [6.45, 7) is 14.8. The Morgan fingerprint density at radius 3 is 2.33 bits per heavy atom. The summed E-state index contributed by atoms with van der Waals surface area (Å²) in [6.07, 6.45) is 3.89. The van der Waals surface area contributed by atoms with E-state index >= 15 is 0 Å². The minimum absolute atomic E-state index is 0.196. The molecule has 1 aromatic carbocycles. The number of nitrogens with zero attached hydrogens (tertiary/aromatic N) is 2. The maximum atomic E-state index is 13.0. The number of ether oxygens (including phenoxy) is 1. The summed E-state index contributed by atoms with van der Waals surface area (Å²) in [7, 11) is 0. The molecule has 0 bridgehead atoms. The molecule has 3 atom stereocenters. The Morgan fingerprint density at radius 2 is 1.74 bits per heavy atom. The van der Waals surface area contributed by atoms with E-state index in [2.05, 4.69) is 56.6 Å². The molecule has 1 aromatic rings. The van der Waals surface area contributed by atoms with Crippen LogP contribution in [0.5, 0.6) is 0 Å². The summed E-state index contributed by atoms with van der Waals surface area (Å²) < 4.78 is 5.81. The molecule has 0 aliphatic carbocycles. The Bertz CT molecular complexity index is 625. The van der Waals surface area contributed by atoms with Crippen molar-refractivity contribution in [2.75, 3.05) is 19.6 Å². The van der Waals surface area contributed by atoms with Gasteiger partial charge in [0.05, 0.1) is 12.2 Å². The fourth-order valence-corrected chi connectivity index (χ4v) is 4.61. The predicted molar refractivity (Wildman–Crippen MR) is 110 cm³/mol. The SMILES string of the molecule is CC1CN(Cc2ccc(C(=O)N3CCCC3CC(C)(C)C)cc2)CC(C)O1. The van der Waals surface area contributed by atoms with E-state index in [9.17, 15) is 4.79 Å². The molecule has 4 nitrogen and oxygen atoms in total. The highest BCUT2D eigenvalue weighted by Gasteiger charge is 2.32. The van der Waals surface area contributed by atoms with Gasteiger partial charge in [-0.15, -0.1) is 0 Å². The first-order chi connectivity index (χ1) is 12.7. The molecule has 27 heavy (non-hydrogen) atoms. The van der Waals surface area contributed by atoms with Crippen LogP contribution in [0.4, 0.5) is 0 Å². The molecule has 3 unspecified atom stereocenters. The molecular weight excluding hydrogens is 336 g/mol. The Balaban J connectivity index is 1.62. The van der Waals surface area contributed by atoms with Crippen LogP contribution in [-0.2, 0) is 11.3 Å². The van der Waals surface area contributed by atoms with Crippen LogP contribution in [0.2, 0.25) is 0 Å². The number of carbonyl (C=O) groups excluding carboxylic acids is 1. The molecule has 2 saturated heterocycles. The third-order valence-corrected chi connectivity index (χ3v) is 5.59. The highest BCUT2D eigenvalue weighted by molar-refractivity contribution is 5.94. The zero-order valence-electron chi connectivity index (χ0n) is 17.7. The Morgan fingerprint density at radius 1 is 1.11 bits per heavy atom. The lowest BCUT2D eigenvalue weighted by Crippen LogP contribution is -2.44. The van der Waals surface area contributed by atoms with Crippen molar-refractivity contribution in [3.63, 3.8) is 0 Å². The summed E-state index contributed by atoms with van der Waals surface area (Å²) >= 11 is 0. The fraction of sp³-hybridized carbons (Fsp3) is 0.696. The topological polar surface area (TPSA) is 32.8 Å². The molecule has 0 aromatic heterocycles. The van der Waals surface area contributed by atoms with Crippen molar-refractivity contribution in [2.45, 2.75) is 78.7 Å². The average molecular weight is 373 g/mol. The molecule has 0 radical (unpaired) electrons. The van der Waals surface area contributed by atoms with Gasteiger partial charge >= 0.3 is 0 Å². The lowest BCUT2D eigenvalue weighted by molar-refractivity contribution is -0.0704. The summed E-state index contributed by atoms with van der Waals surface area (Å²) in [4.78, 5) is 17.6. The van der Waals surface area contributed by atoms with Crippen LogP contribution in [0.25, 0.3) is 0 Å². The highest BCUT2D eigenvalue weighted by atomic mass is 16.5. The normalized spacial score (nSPS) is 27.1. The maximum absolute atomic E-state index is 13.0. The van der Waals surface area contributed by atoms with Gasteiger partial charge in [-0.25, -0.2) is 0 Å². The zero-order valence-corrected chi connectivity index (χ0v) is 17.7. The maximum Gasteiger partial charge on any atom is 0.254 e. The van der Waals surface area contributed by atoms with Gasteiger partial charge in [0, 0.05) is 37.8 Å². The highest BCUT2D eigenvalue weighted by Crippen LogP contribution is 2.31. The molecule has 0 N–H and O–H groups in total. The molecule has 3 rings (SSSR count). The van der Waals surface area contributed by atoms with Crippen molar-refractivity contribution in [3.05, 3.63) is 35.4 Å². The van der Waals surface area contributed by atoms with Crippen molar-refractivity contribution >= 4 is 5.91 Å². The third kappa shape index (κ3) is 5.55. The first-order valence-electron chi connectivity index (χ1n) is 10.5. The summed E-state index contributed by atoms with van der Waals surface area (Å²) in [5.74, 6) is 0.196. The number of rotatable bonds is 4. The first kappa shape index (κ1) is 20.3. The smallest absolute Gasteiger partial charge is 0.254 e. The molecule has 150 valence electrons. The number of hydrogen-bond acceptors (Lipinski definition) is 3. The van der Waals surface area contributed by atoms with Gasteiger partial charge in [-0.1, -0.05) is 32.9 Å². The second kappa shape index (κ2) is 8.32. The van der Waals surface area contributed by atoms with Gasteiger partial charge in [0.15, 0.2) is 0 Å². The van der Waals surface area contributed by atoms with Crippen molar-refractivity contribution in [3.8, 4) is 0 Å². The lowest BCUT2D eigenvalue weighted by atomic mass is 9.87. The predicted octanol–water partition coefficient (Wildman–Crippen LogP) is 4.34. The van der Waals surface area contributed by atoms with Crippen LogP contribution in [0.15, 0.2) is 24.3 Å². The third-order valence-electron chi connectivity index (χ3n) is 5.59. The minimum atomic E-state index is 0.196. The van der Waals surface area contributed by atoms with E-state index in [4.69, 9.17) is 4.74 Å². The molecule has 2 aliphatic heterocycles. The first-order valence-corrected chi connectivity index (χ1v) is 10.5. The van der Waals surface area contributed by atoms with Gasteiger partial charge in [0.25, 0.3) is 5.91 Å². The molecular formula is C23H36N2O2. The fourth-order valence-electron chi connectivity index (χ4n) is 4.61. The monoisotopic (exact) mass is 372 g/mol. The second-order valence-electron chi connectivity index (χ2n) is 9.71. The zero-order chi connectivity index (χ0) is 19.6.